The van der Waals surface area contributed by atoms with Crippen molar-refractivity contribution in [1.82, 2.24) is 5.32 Å². The van der Waals surface area contributed by atoms with Gasteiger partial charge in [-0.3, -0.25) is 0 Å². The van der Waals surface area contributed by atoms with Crippen molar-refractivity contribution in [2.45, 2.75) is 39.8 Å². The predicted octanol–water partition coefficient (Wildman–Crippen LogP) is 4.32. The highest BCUT2D eigenvalue weighted by molar-refractivity contribution is 5.29. The van der Waals surface area contributed by atoms with Crippen LogP contribution in [0.5, 0.6) is 5.75 Å². The van der Waals surface area contributed by atoms with Crippen LogP contribution in [0.25, 0.3) is 0 Å². The van der Waals surface area contributed by atoms with Crippen LogP contribution in [-0.2, 0) is 0 Å². The predicted molar refractivity (Wildman–Crippen MR) is 81.1 cm³/mol. The minimum Gasteiger partial charge on any atom is -0.497 e. The number of rotatable bonds is 5. The molecule has 2 atom stereocenters. The van der Waals surface area contributed by atoms with Crippen molar-refractivity contribution in [2.75, 3.05) is 7.11 Å². The maximum absolute atomic E-state index is 5.60. The summed E-state index contributed by atoms with van der Waals surface area (Å²) >= 11 is 0. The largest absolute Gasteiger partial charge is 0.497 e. The molecule has 1 heterocycles. The SMILES string of the molecule is COc1ccc(C(C)NC(C)c2cc(C)oc2C)cc1. The van der Waals surface area contributed by atoms with Gasteiger partial charge in [0.25, 0.3) is 0 Å². The van der Waals surface area contributed by atoms with Gasteiger partial charge in [-0.2, -0.15) is 0 Å². The summed E-state index contributed by atoms with van der Waals surface area (Å²) < 4.78 is 10.8. The third-order valence-corrected chi connectivity index (χ3v) is 3.66. The van der Waals surface area contributed by atoms with Crippen LogP contribution in [0, 0.1) is 13.8 Å². The second-order valence-electron chi connectivity index (χ2n) is 5.25. The summed E-state index contributed by atoms with van der Waals surface area (Å²) in [5, 5.41) is 3.60. The monoisotopic (exact) mass is 273 g/mol. The Labute approximate surface area is 121 Å². The zero-order valence-corrected chi connectivity index (χ0v) is 12.9. The Hall–Kier alpha value is -1.74. The zero-order valence-electron chi connectivity index (χ0n) is 12.9. The molecule has 20 heavy (non-hydrogen) atoms. The molecule has 0 saturated heterocycles. The van der Waals surface area contributed by atoms with E-state index in [9.17, 15) is 0 Å². The third-order valence-electron chi connectivity index (χ3n) is 3.66. The van der Waals surface area contributed by atoms with E-state index in [1.807, 2.05) is 26.0 Å². The molecule has 1 aromatic heterocycles. The lowest BCUT2D eigenvalue weighted by Crippen LogP contribution is -2.22. The second kappa shape index (κ2) is 6.14. The Kier molecular flexibility index (Phi) is 4.50. The van der Waals surface area contributed by atoms with Crippen LogP contribution >= 0.6 is 0 Å². The van der Waals surface area contributed by atoms with E-state index in [0.29, 0.717) is 0 Å². The first-order chi connectivity index (χ1) is 9.51. The molecule has 0 fully saturated rings. The van der Waals surface area contributed by atoms with E-state index in [-0.39, 0.29) is 12.1 Å². The molecule has 0 aliphatic carbocycles. The topological polar surface area (TPSA) is 34.4 Å². The molecule has 108 valence electrons. The second-order valence-corrected chi connectivity index (χ2v) is 5.25. The third kappa shape index (κ3) is 3.23. The van der Waals surface area contributed by atoms with Crippen LogP contribution in [0.15, 0.2) is 34.7 Å². The fourth-order valence-corrected chi connectivity index (χ4v) is 2.53. The van der Waals surface area contributed by atoms with Crippen LogP contribution in [0.2, 0.25) is 0 Å². The molecule has 0 spiro atoms. The van der Waals surface area contributed by atoms with E-state index in [0.717, 1.165) is 17.3 Å². The normalized spacial score (nSPS) is 14.1. The number of aryl methyl sites for hydroxylation is 2. The molecule has 2 unspecified atom stereocenters. The minimum atomic E-state index is 0.254. The average Bonchev–Trinajstić information content (AvgIpc) is 2.78. The van der Waals surface area contributed by atoms with Gasteiger partial charge in [-0.25, -0.2) is 0 Å². The summed E-state index contributed by atoms with van der Waals surface area (Å²) in [4.78, 5) is 0. The summed E-state index contributed by atoms with van der Waals surface area (Å²) in [7, 11) is 1.68. The molecule has 0 saturated carbocycles. The van der Waals surface area contributed by atoms with Gasteiger partial charge in [0.2, 0.25) is 0 Å². The number of methoxy groups -OCH3 is 1. The molecule has 1 aromatic carbocycles. The Morgan fingerprint density at radius 2 is 1.70 bits per heavy atom. The highest BCUT2D eigenvalue weighted by Gasteiger charge is 2.15. The summed E-state index contributed by atoms with van der Waals surface area (Å²) in [6.45, 7) is 8.33. The first kappa shape index (κ1) is 14.7. The molecule has 0 amide bonds. The lowest BCUT2D eigenvalue weighted by Gasteiger charge is -2.20. The molecular weight excluding hydrogens is 250 g/mol. The fraction of sp³-hybridized carbons (Fsp3) is 0.412. The van der Waals surface area contributed by atoms with E-state index in [1.165, 1.54) is 11.1 Å². The Morgan fingerprint density at radius 1 is 1.05 bits per heavy atom. The molecule has 2 aromatic rings. The quantitative estimate of drug-likeness (QED) is 0.881. The maximum atomic E-state index is 5.60. The first-order valence-electron chi connectivity index (χ1n) is 6.98. The molecule has 1 N–H and O–H groups in total. The van der Waals surface area contributed by atoms with Crippen LogP contribution in [0.1, 0.15) is 48.6 Å². The Balaban J connectivity index is 2.06. The van der Waals surface area contributed by atoms with Crippen molar-refractivity contribution in [1.29, 1.82) is 0 Å². The Morgan fingerprint density at radius 3 is 2.20 bits per heavy atom. The maximum Gasteiger partial charge on any atom is 0.118 e. The van der Waals surface area contributed by atoms with Gasteiger partial charge in [0.1, 0.15) is 17.3 Å². The van der Waals surface area contributed by atoms with Crippen LogP contribution < -0.4 is 10.1 Å². The lowest BCUT2D eigenvalue weighted by atomic mass is 10.0. The van der Waals surface area contributed by atoms with Gasteiger partial charge >= 0.3 is 0 Å². The van der Waals surface area contributed by atoms with Gasteiger partial charge in [-0.15, -0.1) is 0 Å². The van der Waals surface area contributed by atoms with E-state index >= 15 is 0 Å². The van der Waals surface area contributed by atoms with Crippen molar-refractivity contribution < 1.29 is 9.15 Å². The van der Waals surface area contributed by atoms with Gasteiger partial charge in [-0.1, -0.05) is 12.1 Å². The van der Waals surface area contributed by atoms with Gasteiger partial charge in [0.05, 0.1) is 7.11 Å². The zero-order chi connectivity index (χ0) is 14.7. The molecule has 3 heteroatoms. The number of ether oxygens (including phenoxy) is 1. The number of furan rings is 1. The van der Waals surface area contributed by atoms with Gasteiger partial charge in [0.15, 0.2) is 0 Å². The van der Waals surface area contributed by atoms with E-state index in [1.54, 1.807) is 7.11 Å². The standard InChI is InChI=1S/C17H23NO2/c1-11-10-17(14(4)20-11)13(3)18-12(2)15-6-8-16(19-5)9-7-15/h6-10,12-13,18H,1-5H3. The highest BCUT2D eigenvalue weighted by atomic mass is 16.5. The molecule has 3 nitrogen and oxygen atoms in total. The van der Waals surface area contributed by atoms with Crippen LogP contribution in [0.4, 0.5) is 0 Å². The van der Waals surface area contributed by atoms with E-state index in [4.69, 9.17) is 9.15 Å². The summed E-state index contributed by atoms with van der Waals surface area (Å²) in [5.41, 5.74) is 2.47. The van der Waals surface area contributed by atoms with E-state index in [2.05, 4.69) is 37.4 Å². The first-order valence-corrected chi connectivity index (χ1v) is 6.98. The number of hydrogen-bond donors (Lipinski definition) is 1. The van der Waals surface area contributed by atoms with E-state index < -0.39 is 0 Å². The van der Waals surface area contributed by atoms with Crippen molar-refractivity contribution in [3.05, 3.63) is 53.0 Å². The molecule has 0 radical (unpaired) electrons. The Bertz CT molecular complexity index is 557. The average molecular weight is 273 g/mol. The van der Waals surface area contributed by atoms with Crippen molar-refractivity contribution in [3.63, 3.8) is 0 Å². The minimum absolute atomic E-state index is 0.254. The van der Waals surface area contributed by atoms with Crippen molar-refractivity contribution in [2.24, 2.45) is 0 Å². The molecule has 0 aliphatic heterocycles. The van der Waals surface area contributed by atoms with Crippen LogP contribution in [0.3, 0.4) is 0 Å². The van der Waals surface area contributed by atoms with Gasteiger partial charge in [-0.05, 0) is 51.5 Å². The smallest absolute Gasteiger partial charge is 0.118 e. The molecule has 0 bridgehead atoms. The van der Waals surface area contributed by atoms with Crippen molar-refractivity contribution in [3.8, 4) is 5.75 Å². The summed E-state index contributed by atoms with van der Waals surface area (Å²) in [5.74, 6) is 2.84. The summed E-state index contributed by atoms with van der Waals surface area (Å²) in [6.07, 6.45) is 0. The fourth-order valence-electron chi connectivity index (χ4n) is 2.53. The van der Waals surface area contributed by atoms with Crippen molar-refractivity contribution >= 4 is 0 Å². The van der Waals surface area contributed by atoms with Gasteiger partial charge < -0.3 is 14.5 Å². The van der Waals surface area contributed by atoms with Crippen LogP contribution in [-0.4, -0.2) is 7.11 Å². The molecule has 0 aliphatic rings. The highest BCUT2D eigenvalue weighted by Crippen LogP contribution is 2.25. The molecular formula is C17H23NO2. The molecule has 2 rings (SSSR count). The summed E-state index contributed by atoms with van der Waals surface area (Å²) in [6, 6.07) is 10.8. The number of benzene rings is 1. The number of nitrogens with one attached hydrogen (secondary N) is 1. The van der Waals surface area contributed by atoms with Gasteiger partial charge in [0, 0.05) is 17.6 Å². The lowest BCUT2D eigenvalue weighted by molar-refractivity contribution is 0.414. The number of hydrogen-bond acceptors (Lipinski definition) is 3.